The molecule has 0 aliphatic heterocycles. The number of nitrogen functional groups attached to an aromatic ring is 1. The van der Waals surface area contributed by atoms with Crippen LogP contribution in [0.2, 0.25) is 0 Å². The molecule has 0 bridgehead atoms. The molecular weight excluding hydrogens is 294 g/mol. The number of fused-ring (bicyclic) bond motifs is 1. The fraction of sp³-hybridized carbons (Fsp3) is 0.0556. The summed E-state index contributed by atoms with van der Waals surface area (Å²) in [6.07, 6.45) is 0. The van der Waals surface area contributed by atoms with Crippen molar-refractivity contribution in [3.63, 3.8) is 0 Å². The van der Waals surface area contributed by atoms with Crippen LogP contribution in [-0.2, 0) is 0 Å². The zero-order valence-corrected chi connectivity index (χ0v) is 12.4. The summed E-state index contributed by atoms with van der Waals surface area (Å²) >= 11 is 0. The lowest BCUT2D eigenvalue weighted by Crippen LogP contribution is -2.09. The zero-order chi connectivity index (χ0) is 16.6. The molecule has 4 N–H and O–H groups in total. The minimum Gasteiger partial charge on any atom is -0.507 e. The number of esters is 1. The molecular formula is C18H15NO4. The number of carbonyl (C=O) groups is 1. The van der Waals surface area contributed by atoms with Gasteiger partial charge in [0.15, 0.2) is 11.5 Å². The molecule has 5 heteroatoms. The molecule has 0 saturated heterocycles. The molecule has 0 unspecified atom stereocenters. The lowest BCUT2D eigenvalue weighted by molar-refractivity contribution is 0.0728. The molecule has 0 fully saturated rings. The quantitative estimate of drug-likeness (QED) is 0.292. The van der Waals surface area contributed by atoms with Crippen molar-refractivity contribution in [3.8, 4) is 17.2 Å². The summed E-state index contributed by atoms with van der Waals surface area (Å²) in [7, 11) is 0. The number of hydrogen-bond donors (Lipinski definition) is 3. The van der Waals surface area contributed by atoms with E-state index in [1.165, 1.54) is 12.1 Å². The Labute approximate surface area is 132 Å². The minimum absolute atomic E-state index is 0.0292. The van der Waals surface area contributed by atoms with E-state index in [1.807, 2.05) is 0 Å². The van der Waals surface area contributed by atoms with E-state index in [4.69, 9.17) is 10.5 Å². The van der Waals surface area contributed by atoms with Crippen LogP contribution in [0.5, 0.6) is 17.2 Å². The average Bonchev–Trinajstić information content (AvgIpc) is 2.57. The van der Waals surface area contributed by atoms with Gasteiger partial charge in [-0.1, -0.05) is 24.3 Å². The summed E-state index contributed by atoms with van der Waals surface area (Å²) in [6, 6.07) is 13.0. The van der Waals surface area contributed by atoms with Crippen molar-refractivity contribution in [2.45, 2.75) is 6.92 Å². The number of carbonyl (C=O) groups excluding carboxylic acids is 1. The Balaban J connectivity index is 2.06. The molecule has 0 radical (unpaired) electrons. The Morgan fingerprint density at radius 1 is 0.957 bits per heavy atom. The summed E-state index contributed by atoms with van der Waals surface area (Å²) in [6.45, 7) is 1.58. The highest BCUT2D eigenvalue weighted by atomic mass is 16.5. The Hall–Kier alpha value is -3.21. The first-order valence-corrected chi connectivity index (χ1v) is 7.00. The smallest absolute Gasteiger partial charge is 0.343 e. The van der Waals surface area contributed by atoms with Gasteiger partial charge in [-0.2, -0.15) is 0 Å². The fourth-order valence-electron chi connectivity index (χ4n) is 2.40. The molecule has 0 aromatic heterocycles. The molecule has 0 heterocycles. The van der Waals surface area contributed by atoms with Crippen LogP contribution in [0.1, 0.15) is 15.9 Å². The zero-order valence-electron chi connectivity index (χ0n) is 12.4. The standard InChI is InChI=1S/C18H15NO4/c1-10-15(20)13-4-2-3-5-14(13)16(21)17(10)23-18(22)11-6-8-12(19)9-7-11/h2-9,20-21H,19H2,1H3. The topological polar surface area (TPSA) is 92.8 Å². The van der Waals surface area contributed by atoms with Gasteiger partial charge in [-0.05, 0) is 31.2 Å². The molecule has 23 heavy (non-hydrogen) atoms. The van der Waals surface area contributed by atoms with E-state index < -0.39 is 5.97 Å². The van der Waals surface area contributed by atoms with Crippen LogP contribution in [0.15, 0.2) is 48.5 Å². The fourth-order valence-corrected chi connectivity index (χ4v) is 2.40. The lowest BCUT2D eigenvalue weighted by atomic mass is 10.0. The molecule has 5 nitrogen and oxygen atoms in total. The molecule has 0 saturated carbocycles. The van der Waals surface area contributed by atoms with Gasteiger partial charge in [-0.25, -0.2) is 4.79 Å². The molecule has 0 aliphatic carbocycles. The predicted molar refractivity (Wildman–Crippen MR) is 87.8 cm³/mol. The van der Waals surface area contributed by atoms with Crippen LogP contribution in [-0.4, -0.2) is 16.2 Å². The maximum absolute atomic E-state index is 12.2. The van der Waals surface area contributed by atoms with Crippen LogP contribution in [0.4, 0.5) is 5.69 Å². The van der Waals surface area contributed by atoms with E-state index in [2.05, 4.69) is 0 Å². The molecule has 0 amide bonds. The molecule has 3 aromatic carbocycles. The first-order chi connectivity index (χ1) is 11.0. The van der Waals surface area contributed by atoms with Gasteiger partial charge in [-0.3, -0.25) is 0 Å². The van der Waals surface area contributed by atoms with E-state index >= 15 is 0 Å². The van der Waals surface area contributed by atoms with E-state index in [0.717, 1.165) is 0 Å². The number of benzene rings is 3. The Bertz CT molecular complexity index is 901. The van der Waals surface area contributed by atoms with Crippen LogP contribution in [0.25, 0.3) is 10.8 Å². The Morgan fingerprint density at radius 3 is 2.13 bits per heavy atom. The van der Waals surface area contributed by atoms with Gasteiger partial charge in [-0.15, -0.1) is 0 Å². The monoisotopic (exact) mass is 309 g/mol. The summed E-state index contributed by atoms with van der Waals surface area (Å²) in [5.74, 6) is -0.903. The highest BCUT2D eigenvalue weighted by Crippen LogP contribution is 2.44. The second-order valence-corrected chi connectivity index (χ2v) is 5.21. The third-order valence-corrected chi connectivity index (χ3v) is 3.69. The van der Waals surface area contributed by atoms with Crippen molar-refractivity contribution in [3.05, 3.63) is 59.7 Å². The number of hydrogen-bond acceptors (Lipinski definition) is 5. The van der Waals surface area contributed by atoms with Gasteiger partial charge in [0.1, 0.15) is 5.75 Å². The normalized spacial score (nSPS) is 10.7. The maximum atomic E-state index is 12.2. The molecule has 0 spiro atoms. The molecule has 0 atom stereocenters. The van der Waals surface area contributed by atoms with Gasteiger partial charge in [0.2, 0.25) is 0 Å². The third-order valence-electron chi connectivity index (χ3n) is 3.69. The number of rotatable bonds is 2. The largest absolute Gasteiger partial charge is 0.507 e. The second-order valence-electron chi connectivity index (χ2n) is 5.21. The average molecular weight is 309 g/mol. The summed E-state index contributed by atoms with van der Waals surface area (Å²) in [5.41, 5.74) is 6.71. The van der Waals surface area contributed by atoms with Crippen molar-refractivity contribution in [2.24, 2.45) is 0 Å². The number of nitrogens with two attached hydrogens (primary N) is 1. The molecule has 3 aromatic rings. The summed E-state index contributed by atoms with van der Waals surface area (Å²) in [5, 5.41) is 21.6. The van der Waals surface area contributed by atoms with Crippen molar-refractivity contribution < 1.29 is 19.7 Å². The van der Waals surface area contributed by atoms with Gasteiger partial charge in [0.25, 0.3) is 0 Å². The molecule has 3 rings (SSSR count). The highest BCUT2D eigenvalue weighted by molar-refractivity contribution is 5.99. The summed E-state index contributed by atoms with van der Waals surface area (Å²) < 4.78 is 5.30. The summed E-state index contributed by atoms with van der Waals surface area (Å²) in [4.78, 5) is 12.2. The highest BCUT2D eigenvalue weighted by Gasteiger charge is 2.20. The van der Waals surface area contributed by atoms with Crippen LogP contribution >= 0.6 is 0 Å². The van der Waals surface area contributed by atoms with E-state index in [-0.39, 0.29) is 17.2 Å². The first kappa shape index (κ1) is 14.7. The van der Waals surface area contributed by atoms with Gasteiger partial charge >= 0.3 is 5.97 Å². The van der Waals surface area contributed by atoms with Crippen LogP contribution < -0.4 is 10.5 Å². The third kappa shape index (κ3) is 2.53. The number of ether oxygens (including phenoxy) is 1. The Morgan fingerprint density at radius 2 is 1.52 bits per heavy atom. The number of aromatic hydroxyl groups is 2. The Kier molecular flexibility index (Phi) is 3.54. The predicted octanol–water partition coefficient (Wildman–Crippen LogP) is 3.36. The maximum Gasteiger partial charge on any atom is 0.343 e. The molecule has 116 valence electrons. The van der Waals surface area contributed by atoms with Crippen molar-refractivity contribution in [2.75, 3.05) is 5.73 Å². The van der Waals surface area contributed by atoms with Crippen LogP contribution in [0.3, 0.4) is 0 Å². The van der Waals surface area contributed by atoms with Crippen LogP contribution in [0, 0.1) is 6.92 Å². The second kappa shape index (κ2) is 5.53. The van der Waals surface area contributed by atoms with E-state index in [9.17, 15) is 15.0 Å². The number of phenols is 2. The minimum atomic E-state index is -0.641. The van der Waals surface area contributed by atoms with E-state index in [0.29, 0.717) is 27.6 Å². The van der Waals surface area contributed by atoms with Gasteiger partial charge < -0.3 is 20.7 Å². The molecule has 0 aliphatic rings. The number of anilines is 1. The SMILES string of the molecule is Cc1c(OC(=O)c2ccc(N)cc2)c(O)c2ccccc2c1O. The van der Waals surface area contributed by atoms with Crippen molar-refractivity contribution >= 4 is 22.4 Å². The lowest BCUT2D eigenvalue weighted by Gasteiger charge is -2.14. The van der Waals surface area contributed by atoms with Gasteiger partial charge in [0.05, 0.1) is 5.56 Å². The van der Waals surface area contributed by atoms with Crippen molar-refractivity contribution in [1.29, 1.82) is 0 Å². The van der Waals surface area contributed by atoms with E-state index in [1.54, 1.807) is 43.3 Å². The van der Waals surface area contributed by atoms with Crippen molar-refractivity contribution in [1.82, 2.24) is 0 Å². The first-order valence-electron chi connectivity index (χ1n) is 7.00. The number of phenolic OH excluding ortho intramolecular Hbond substituents is 2. The van der Waals surface area contributed by atoms with Gasteiger partial charge in [0, 0.05) is 22.0 Å².